The third-order valence-electron chi connectivity index (χ3n) is 6.98. The molecule has 0 unspecified atom stereocenters. The summed E-state index contributed by atoms with van der Waals surface area (Å²) in [7, 11) is 1.51. The number of rotatable bonds is 12. The molecule has 232 valence electrons. The van der Waals surface area contributed by atoms with Gasteiger partial charge in [-0.15, -0.1) is 0 Å². The Morgan fingerprint density at radius 3 is 2.58 bits per heavy atom. The lowest BCUT2D eigenvalue weighted by Gasteiger charge is -2.25. The van der Waals surface area contributed by atoms with Crippen molar-refractivity contribution in [2.24, 2.45) is 5.92 Å². The number of nitrogens with one attached hydrogen (secondary N) is 1. The minimum absolute atomic E-state index is 0.0554. The van der Waals surface area contributed by atoms with Crippen molar-refractivity contribution in [1.82, 2.24) is 10.2 Å². The summed E-state index contributed by atoms with van der Waals surface area (Å²) >= 11 is 0. The number of piperidine rings is 1. The number of aromatic hydroxyl groups is 1. The average molecular weight is 591 g/mol. The second-order valence-corrected chi connectivity index (χ2v) is 10.9. The number of unbranched alkanes of at least 4 members (excludes halogenated alkanes) is 2. The predicted molar refractivity (Wildman–Crippen MR) is 170 cm³/mol. The first-order valence-electron chi connectivity index (χ1n) is 15.2. The molecule has 0 bridgehead atoms. The second-order valence-electron chi connectivity index (χ2n) is 10.9. The van der Waals surface area contributed by atoms with Gasteiger partial charge in [-0.25, -0.2) is 0 Å². The minimum Gasteiger partial charge on any atom is -0.504 e. The summed E-state index contributed by atoms with van der Waals surface area (Å²) < 4.78 is 15.6. The van der Waals surface area contributed by atoms with E-state index in [1.807, 2.05) is 35.3 Å². The Hall–Kier alpha value is -4.20. The topological polar surface area (TPSA) is 97.3 Å². The summed E-state index contributed by atoms with van der Waals surface area (Å²) in [6.45, 7) is 6.81. The fourth-order valence-corrected chi connectivity index (χ4v) is 4.58. The van der Waals surface area contributed by atoms with Crippen molar-refractivity contribution in [3.63, 3.8) is 0 Å². The fourth-order valence-electron chi connectivity index (χ4n) is 4.58. The van der Waals surface area contributed by atoms with Crippen LogP contribution in [0.15, 0.2) is 66.8 Å². The van der Waals surface area contributed by atoms with Crippen LogP contribution in [0.3, 0.4) is 0 Å². The fraction of sp³-hybridized carbons (Fsp3) is 0.429. The number of carbonyl (C=O) groups excluding carboxylic acids is 2. The number of allylic oxidation sites excluding steroid dienone is 4. The predicted octanol–water partition coefficient (Wildman–Crippen LogP) is 6.79. The van der Waals surface area contributed by atoms with Crippen LogP contribution < -0.4 is 19.5 Å². The summed E-state index contributed by atoms with van der Waals surface area (Å²) in [4.78, 5) is 25.6. The van der Waals surface area contributed by atoms with Crippen LogP contribution in [0.1, 0.15) is 69.9 Å². The van der Waals surface area contributed by atoms with Gasteiger partial charge in [0.15, 0.2) is 23.0 Å². The molecule has 0 aromatic heterocycles. The number of hydrogen-bond acceptors (Lipinski definition) is 6. The van der Waals surface area contributed by atoms with Crippen molar-refractivity contribution >= 4 is 17.9 Å². The monoisotopic (exact) mass is 590 g/mol. The molecular weight excluding hydrogens is 544 g/mol. The van der Waals surface area contributed by atoms with E-state index in [4.69, 9.17) is 14.2 Å². The number of nitrogens with zero attached hydrogens (tertiary/aromatic N) is 1. The molecule has 2 heterocycles. The maximum absolute atomic E-state index is 11.9. The first-order valence-corrected chi connectivity index (χ1v) is 15.2. The maximum Gasteiger partial charge on any atom is 0.246 e. The average Bonchev–Trinajstić information content (AvgIpc) is 3.49. The number of methoxy groups -OCH3 is 1. The lowest BCUT2D eigenvalue weighted by molar-refractivity contribution is -0.126. The van der Waals surface area contributed by atoms with E-state index in [0.717, 1.165) is 67.8 Å². The first kappa shape index (κ1) is 33.3. The van der Waals surface area contributed by atoms with Crippen LogP contribution in [0.5, 0.6) is 23.0 Å². The van der Waals surface area contributed by atoms with Crippen molar-refractivity contribution < 1.29 is 28.9 Å². The van der Waals surface area contributed by atoms with Gasteiger partial charge < -0.3 is 29.5 Å². The summed E-state index contributed by atoms with van der Waals surface area (Å²) in [5.74, 6) is 2.82. The van der Waals surface area contributed by atoms with Gasteiger partial charge in [0.2, 0.25) is 18.6 Å². The van der Waals surface area contributed by atoms with Gasteiger partial charge >= 0.3 is 0 Å². The number of ether oxygens (including phenoxy) is 3. The Morgan fingerprint density at radius 2 is 1.81 bits per heavy atom. The van der Waals surface area contributed by atoms with Gasteiger partial charge in [0.25, 0.3) is 0 Å². The van der Waals surface area contributed by atoms with E-state index >= 15 is 0 Å². The highest BCUT2D eigenvalue weighted by atomic mass is 16.7. The van der Waals surface area contributed by atoms with Crippen molar-refractivity contribution in [1.29, 1.82) is 0 Å². The molecule has 43 heavy (non-hydrogen) atoms. The van der Waals surface area contributed by atoms with Crippen molar-refractivity contribution in [3.8, 4) is 23.0 Å². The standard InChI is InChI=1S/C18H27NO3.C17H19NO3/c1-14(2)8-6-4-5-7-9-18(21)19-13-15-10-11-16(20)17(12-15)22-3;19-17(18-10-4-1-5-11-18)7-3-2-6-14-8-9-15-16(12-14)21-13-20-15/h6,8,10-12,14,20H,4-5,7,9,13H2,1-3H3,(H,19,21);2-3,6-9,12H,1,4-5,10-11,13H2/b8-6+;6-2+,7-3+. The highest BCUT2D eigenvalue weighted by Crippen LogP contribution is 2.32. The van der Waals surface area contributed by atoms with Gasteiger partial charge in [-0.2, -0.15) is 0 Å². The summed E-state index contributed by atoms with van der Waals surface area (Å²) in [6.07, 6.45) is 18.6. The van der Waals surface area contributed by atoms with E-state index < -0.39 is 0 Å². The van der Waals surface area contributed by atoms with Crippen LogP contribution in [-0.2, 0) is 16.1 Å². The van der Waals surface area contributed by atoms with Crippen LogP contribution in [0.25, 0.3) is 6.08 Å². The van der Waals surface area contributed by atoms with E-state index in [1.165, 1.54) is 13.5 Å². The third kappa shape index (κ3) is 12.3. The number of benzene rings is 2. The molecule has 0 atom stereocenters. The molecule has 1 saturated heterocycles. The van der Waals surface area contributed by atoms with Gasteiger partial charge in [0.05, 0.1) is 7.11 Å². The lowest BCUT2D eigenvalue weighted by atomic mass is 10.1. The molecular formula is C35H46N2O6. The van der Waals surface area contributed by atoms with Gasteiger partial charge in [-0.1, -0.05) is 56.4 Å². The Balaban J connectivity index is 0.000000235. The molecule has 2 N–H and O–H groups in total. The Kier molecular flexibility index (Phi) is 14.2. The molecule has 2 aromatic carbocycles. The van der Waals surface area contributed by atoms with E-state index in [2.05, 4.69) is 31.3 Å². The number of carbonyl (C=O) groups is 2. The van der Waals surface area contributed by atoms with Crippen molar-refractivity contribution in [2.45, 2.75) is 65.3 Å². The van der Waals surface area contributed by atoms with Gasteiger partial charge in [-0.05, 0) is 79.8 Å². The molecule has 0 radical (unpaired) electrons. The van der Waals surface area contributed by atoms with Crippen LogP contribution in [0, 0.1) is 5.92 Å². The number of likely N-dealkylation sites (tertiary alicyclic amines) is 1. The summed E-state index contributed by atoms with van der Waals surface area (Å²) in [6, 6.07) is 10.9. The molecule has 4 rings (SSSR count). The molecule has 2 aliphatic rings. The molecule has 2 aromatic rings. The van der Waals surface area contributed by atoms with E-state index in [-0.39, 0.29) is 24.4 Å². The molecule has 2 amide bonds. The quantitative estimate of drug-likeness (QED) is 0.122. The van der Waals surface area contributed by atoms with Crippen LogP contribution >= 0.6 is 0 Å². The van der Waals surface area contributed by atoms with Gasteiger partial charge in [0.1, 0.15) is 0 Å². The maximum atomic E-state index is 11.9. The van der Waals surface area contributed by atoms with Gasteiger partial charge in [0, 0.05) is 32.1 Å². The van der Waals surface area contributed by atoms with Crippen LogP contribution in [0.4, 0.5) is 0 Å². The number of phenolic OH excluding ortho intramolecular Hbond substituents is 1. The van der Waals surface area contributed by atoms with Crippen molar-refractivity contribution in [2.75, 3.05) is 27.0 Å². The summed E-state index contributed by atoms with van der Waals surface area (Å²) in [5, 5.41) is 12.4. The first-order chi connectivity index (χ1) is 20.9. The lowest BCUT2D eigenvalue weighted by Crippen LogP contribution is -2.34. The van der Waals surface area contributed by atoms with Crippen molar-refractivity contribution in [3.05, 3.63) is 77.9 Å². The molecule has 1 fully saturated rings. The number of hydrogen-bond donors (Lipinski definition) is 2. The molecule has 0 spiro atoms. The van der Waals surface area contributed by atoms with E-state index in [9.17, 15) is 14.7 Å². The van der Waals surface area contributed by atoms with Crippen LogP contribution in [0.2, 0.25) is 0 Å². The Bertz CT molecular complexity index is 1260. The zero-order valence-electron chi connectivity index (χ0n) is 25.7. The molecule has 0 aliphatic carbocycles. The third-order valence-corrected chi connectivity index (χ3v) is 6.98. The molecule has 0 saturated carbocycles. The minimum atomic E-state index is 0.0554. The number of phenols is 1. The van der Waals surface area contributed by atoms with E-state index in [1.54, 1.807) is 30.4 Å². The second kappa shape index (κ2) is 18.4. The van der Waals surface area contributed by atoms with Crippen LogP contribution in [-0.4, -0.2) is 48.8 Å². The Morgan fingerprint density at radius 1 is 1.02 bits per heavy atom. The molecule has 8 heteroatoms. The summed E-state index contributed by atoms with van der Waals surface area (Å²) in [5.41, 5.74) is 1.93. The normalized spacial score (nSPS) is 14.4. The number of amides is 2. The zero-order valence-corrected chi connectivity index (χ0v) is 25.7. The highest BCUT2D eigenvalue weighted by molar-refractivity contribution is 5.88. The highest BCUT2D eigenvalue weighted by Gasteiger charge is 2.14. The largest absolute Gasteiger partial charge is 0.504 e. The zero-order chi connectivity index (χ0) is 30.9. The van der Waals surface area contributed by atoms with E-state index in [0.29, 0.717) is 24.6 Å². The molecule has 2 aliphatic heterocycles. The van der Waals surface area contributed by atoms with Gasteiger partial charge in [-0.3, -0.25) is 9.59 Å². The SMILES string of the molecule is COc1cc(CNC(=O)CCCC/C=C/C(C)C)ccc1O.O=C(/C=C/C=C/c1ccc2c(c1)OCO2)N1CCCCC1. The molecule has 8 nitrogen and oxygen atoms in total. The number of fused-ring (bicyclic) bond motifs is 1. The smallest absolute Gasteiger partial charge is 0.246 e. The Labute approximate surface area is 256 Å².